The van der Waals surface area contributed by atoms with Gasteiger partial charge in [0.1, 0.15) is 5.82 Å². The Bertz CT molecular complexity index is 1210. The second-order valence-corrected chi connectivity index (χ2v) is 10.0. The minimum absolute atomic E-state index is 0.0217. The fraction of sp³-hybridized carbons (Fsp3) is 0.174. The van der Waals surface area contributed by atoms with Gasteiger partial charge in [-0.15, -0.1) is 0 Å². The Morgan fingerprint density at radius 2 is 1.56 bits per heavy atom. The van der Waals surface area contributed by atoms with Crippen molar-refractivity contribution in [3.8, 4) is 0 Å². The highest BCUT2D eigenvalue weighted by molar-refractivity contribution is 7.89. The quantitative estimate of drug-likeness (QED) is 0.466. The van der Waals surface area contributed by atoms with Gasteiger partial charge in [0.2, 0.25) is 15.9 Å². The van der Waals surface area contributed by atoms with E-state index in [9.17, 15) is 17.6 Å². The molecule has 1 amide bonds. The first kappa shape index (κ1) is 24.2. The summed E-state index contributed by atoms with van der Waals surface area (Å²) in [7, 11) is -4.17. The Balaban J connectivity index is 1.96. The fourth-order valence-corrected chi connectivity index (χ4v) is 4.91. The summed E-state index contributed by atoms with van der Waals surface area (Å²) < 4.78 is 42.0. The van der Waals surface area contributed by atoms with E-state index in [4.69, 9.17) is 23.2 Å². The van der Waals surface area contributed by atoms with Crippen LogP contribution in [0.4, 0.5) is 10.1 Å². The van der Waals surface area contributed by atoms with Crippen molar-refractivity contribution in [2.75, 3.05) is 11.9 Å². The van der Waals surface area contributed by atoms with E-state index >= 15 is 0 Å². The smallest absolute Gasteiger partial charge is 0.243 e. The summed E-state index contributed by atoms with van der Waals surface area (Å²) in [5, 5.41) is 3.19. The number of hydrogen-bond donors (Lipinski definition) is 1. The van der Waals surface area contributed by atoms with Crippen LogP contribution in [-0.4, -0.2) is 25.2 Å². The number of carbonyl (C=O) groups excluding carboxylic acids is 1. The number of hydrogen-bond acceptors (Lipinski definition) is 3. The summed E-state index contributed by atoms with van der Waals surface area (Å²) in [4.78, 5) is 12.8. The zero-order chi connectivity index (χ0) is 23.5. The maximum Gasteiger partial charge on any atom is 0.243 e. The van der Waals surface area contributed by atoms with Crippen molar-refractivity contribution in [2.24, 2.45) is 0 Å². The number of anilines is 1. The summed E-state index contributed by atoms with van der Waals surface area (Å²) in [6.07, 6.45) is 0. The Kier molecular flexibility index (Phi) is 7.56. The Morgan fingerprint density at radius 1 is 0.969 bits per heavy atom. The van der Waals surface area contributed by atoms with Gasteiger partial charge in [-0.2, -0.15) is 4.31 Å². The maximum atomic E-state index is 14.4. The molecule has 1 N–H and O–H groups in total. The van der Waals surface area contributed by atoms with Gasteiger partial charge in [-0.25, -0.2) is 12.8 Å². The van der Waals surface area contributed by atoms with E-state index in [1.165, 1.54) is 42.5 Å². The van der Waals surface area contributed by atoms with E-state index < -0.39 is 34.8 Å². The molecule has 0 atom stereocenters. The maximum absolute atomic E-state index is 14.4. The molecule has 32 heavy (non-hydrogen) atoms. The normalized spacial score (nSPS) is 11.6. The number of aryl methyl sites for hydroxylation is 2. The van der Waals surface area contributed by atoms with E-state index in [1.807, 2.05) is 32.0 Å². The van der Waals surface area contributed by atoms with Crippen LogP contribution in [0.25, 0.3) is 0 Å². The van der Waals surface area contributed by atoms with Crippen LogP contribution in [0.1, 0.15) is 16.7 Å². The fourth-order valence-electron chi connectivity index (χ4n) is 3.19. The molecule has 9 heteroatoms. The summed E-state index contributed by atoms with van der Waals surface area (Å²) >= 11 is 12.0. The lowest BCUT2D eigenvalue weighted by atomic mass is 10.1. The third kappa shape index (κ3) is 5.48. The molecular weight excluding hydrogens is 474 g/mol. The molecule has 0 aliphatic heterocycles. The second-order valence-electron chi connectivity index (χ2n) is 7.24. The zero-order valence-corrected chi connectivity index (χ0v) is 19.7. The molecule has 0 radical (unpaired) electrons. The van der Waals surface area contributed by atoms with Gasteiger partial charge < -0.3 is 5.32 Å². The number of benzene rings is 3. The van der Waals surface area contributed by atoms with Crippen molar-refractivity contribution in [3.63, 3.8) is 0 Å². The molecule has 0 unspecified atom stereocenters. The van der Waals surface area contributed by atoms with Crippen molar-refractivity contribution >= 4 is 44.8 Å². The van der Waals surface area contributed by atoms with Crippen LogP contribution in [0.2, 0.25) is 10.0 Å². The lowest BCUT2D eigenvalue weighted by Crippen LogP contribution is -2.38. The Hall–Kier alpha value is -2.45. The zero-order valence-electron chi connectivity index (χ0n) is 17.4. The molecule has 0 spiro atoms. The number of para-hydroxylation sites is 1. The first-order chi connectivity index (χ1) is 15.1. The molecule has 5 nitrogen and oxygen atoms in total. The summed E-state index contributed by atoms with van der Waals surface area (Å²) in [5.74, 6) is -1.23. The number of nitrogens with one attached hydrogen (secondary N) is 1. The highest BCUT2D eigenvalue weighted by atomic mass is 35.5. The number of halogens is 3. The van der Waals surface area contributed by atoms with Gasteiger partial charge in [0.15, 0.2) is 0 Å². The molecule has 0 aromatic heterocycles. The minimum atomic E-state index is -4.17. The number of carbonyl (C=O) groups is 1. The molecule has 0 saturated carbocycles. The Labute approximate surface area is 196 Å². The van der Waals surface area contributed by atoms with Crippen LogP contribution < -0.4 is 5.32 Å². The van der Waals surface area contributed by atoms with E-state index in [0.29, 0.717) is 10.7 Å². The first-order valence-corrected chi connectivity index (χ1v) is 11.8. The lowest BCUT2D eigenvalue weighted by Gasteiger charge is -2.23. The van der Waals surface area contributed by atoms with Crippen molar-refractivity contribution in [1.82, 2.24) is 4.31 Å². The lowest BCUT2D eigenvalue weighted by molar-refractivity contribution is -0.116. The van der Waals surface area contributed by atoms with Crippen LogP contribution in [0, 0.1) is 19.7 Å². The van der Waals surface area contributed by atoms with Crippen LogP contribution >= 0.6 is 23.2 Å². The topological polar surface area (TPSA) is 66.5 Å². The predicted octanol–water partition coefficient (Wildman–Crippen LogP) is 5.58. The van der Waals surface area contributed by atoms with Crippen LogP contribution in [-0.2, 0) is 21.4 Å². The predicted molar refractivity (Wildman–Crippen MR) is 125 cm³/mol. The highest BCUT2D eigenvalue weighted by Crippen LogP contribution is 2.26. The molecule has 3 aromatic carbocycles. The SMILES string of the molecule is Cc1cccc(C)c1NC(=O)CN(Cc1c(F)cccc1Cl)S(=O)(=O)c1ccc(Cl)cc1. The molecular formula is C23H21Cl2FN2O3S. The third-order valence-electron chi connectivity index (χ3n) is 4.91. The molecule has 0 fully saturated rings. The van der Waals surface area contributed by atoms with E-state index in [-0.39, 0.29) is 15.5 Å². The van der Waals surface area contributed by atoms with Crippen LogP contribution in [0.5, 0.6) is 0 Å². The van der Waals surface area contributed by atoms with Gasteiger partial charge >= 0.3 is 0 Å². The summed E-state index contributed by atoms with van der Waals surface area (Å²) in [6, 6.07) is 15.1. The monoisotopic (exact) mass is 494 g/mol. The molecule has 168 valence electrons. The average Bonchev–Trinajstić information content (AvgIpc) is 2.73. The van der Waals surface area contributed by atoms with Gasteiger partial charge in [-0.3, -0.25) is 4.79 Å². The molecule has 3 rings (SSSR count). The van der Waals surface area contributed by atoms with Crippen molar-refractivity contribution in [3.05, 3.63) is 93.2 Å². The standard InChI is InChI=1S/C23H21Cl2FN2O3S/c1-15-5-3-6-16(2)23(15)27-22(29)14-28(13-19-20(25)7-4-8-21(19)26)32(30,31)18-11-9-17(24)10-12-18/h3-12H,13-14H2,1-2H3,(H,27,29). The molecule has 3 aromatic rings. The summed E-state index contributed by atoms with van der Waals surface area (Å²) in [5.41, 5.74) is 2.25. The Morgan fingerprint density at radius 3 is 2.16 bits per heavy atom. The molecule has 0 saturated heterocycles. The summed E-state index contributed by atoms with van der Waals surface area (Å²) in [6.45, 7) is 2.72. The third-order valence-corrected chi connectivity index (χ3v) is 7.33. The van der Waals surface area contributed by atoms with Crippen molar-refractivity contribution < 1.29 is 17.6 Å². The minimum Gasteiger partial charge on any atom is -0.324 e. The number of sulfonamides is 1. The van der Waals surface area contributed by atoms with Gasteiger partial charge in [0.05, 0.1) is 11.4 Å². The molecule has 0 bridgehead atoms. The van der Waals surface area contributed by atoms with Crippen LogP contribution in [0.3, 0.4) is 0 Å². The van der Waals surface area contributed by atoms with Crippen molar-refractivity contribution in [1.29, 1.82) is 0 Å². The number of nitrogens with zero attached hydrogens (tertiary/aromatic N) is 1. The number of amides is 1. The van der Waals surface area contributed by atoms with Gasteiger partial charge in [0, 0.05) is 27.8 Å². The average molecular weight is 495 g/mol. The van der Waals surface area contributed by atoms with Crippen LogP contribution in [0.15, 0.2) is 65.6 Å². The first-order valence-electron chi connectivity index (χ1n) is 9.64. The van der Waals surface area contributed by atoms with Crippen molar-refractivity contribution in [2.45, 2.75) is 25.3 Å². The highest BCUT2D eigenvalue weighted by Gasteiger charge is 2.29. The van der Waals surface area contributed by atoms with Gasteiger partial charge in [0.25, 0.3) is 0 Å². The molecule has 0 aliphatic rings. The molecule has 0 aliphatic carbocycles. The largest absolute Gasteiger partial charge is 0.324 e. The van der Waals surface area contributed by atoms with Gasteiger partial charge in [-0.1, -0.05) is 47.5 Å². The van der Waals surface area contributed by atoms with E-state index in [2.05, 4.69) is 5.32 Å². The van der Waals surface area contributed by atoms with E-state index in [0.717, 1.165) is 15.4 Å². The van der Waals surface area contributed by atoms with E-state index in [1.54, 1.807) is 0 Å². The second kappa shape index (κ2) is 10.0. The number of rotatable bonds is 7. The van der Waals surface area contributed by atoms with Gasteiger partial charge in [-0.05, 0) is 61.4 Å². The molecule has 0 heterocycles.